The van der Waals surface area contributed by atoms with Crippen LogP contribution in [0, 0.1) is 5.92 Å². The molecule has 0 aliphatic carbocycles. The lowest BCUT2D eigenvalue weighted by molar-refractivity contribution is 0.267. The van der Waals surface area contributed by atoms with E-state index in [1.54, 1.807) is 0 Å². The lowest BCUT2D eigenvalue weighted by Crippen LogP contribution is -2.28. The molecule has 3 nitrogen and oxygen atoms in total. The van der Waals surface area contributed by atoms with Crippen LogP contribution in [-0.2, 0) is 0 Å². The van der Waals surface area contributed by atoms with E-state index in [2.05, 4.69) is 13.8 Å². The highest BCUT2D eigenvalue weighted by Gasteiger charge is 2.19. The first kappa shape index (κ1) is 11.8. The van der Waals surface area contributed by atoms with E-state index < -0.39 is 0 Å². The van der Waals surface area contributed by atoms with Crippen molar-refractivity contribution in [3.05, 3.63) is 0 Å². The molecule has 0 aliphatic heterocycles. The van der Waals surface area contributed by atoms with Crippen molar-refractivity contribution in [2.45, 2.75) is 31.9 Å². The summed E-state index contributed by atoms with van der Waals surface area (Å²) in [5.74, 6) is 0.507. The number of hydrogen-bond donors (Lipinski definition) is 2. The van der Waals surface area contributed by atoms with Gasteiger partial charge in [0, 0.05) is 11.8 Å². The average molecular weight is 190 g/mol. The van der Waals surface area contributed by atoms with Crippen molar-refractivity contribution in [3.8, 4) is 0 Å². The van der Waals surface area contributed by atoms with E-state index in [4.69, 9.17) is 11.5 Å². The SMILES string of the molecule is CCC(CC)C(CN)SC(N)=O. The fourth-order valence-corrected chi connectivity index (χ4v) is 2.27. The molecule has 1 amide bonds. The third-order valence-electron chi connectivity index (χ3n) is 2.07. The number of nitrogens with two attached hydrogens (primary N) is 2. The molecule has 72 valence electrons. The smallest absolute Gasteiger partial charge is 0.276 e. The second-order valence-corrected chi connectivity index (χ2v) is 4.03. The van der Waals surface area contributed by atoms with E-state index in [0.717, 1.165) is 12.8 Å². The third-order valence-corrected chi connectivity index (χ3v) is 3.19. The Labute approximate surface area is 78.3 Å². The standard InChI is InChI=1S/C8H18N2OS/c1-3-6(4-2)7(5-9)12-8(10)11/h6-7H,3-5,9H2,1-2H3,(H2,10,11). The summed E-state index contributed by atoms with van der Waals surface area (Å²) in [5.41, 5.74) is 10.6. The normalized spacial score (nSPS) is 13.3. The largest absolute Gasteiger partial charge is 0.361 e. The van der Waals surface area contributed by atoms with Crippen LogP contribution >= 0.6 is 11.8 Å². The second-order valence-electron chi connectivity index (χ2n) is 2.79. The molecule has 1 unspecified atom stereocenters. The van der Waals surface area contributed by atoms with Crippen molar-refractivity contribution in [2.75, 3.05) is 6.54 Å². The molecule has 4 heteroatoms. The second kappa shape index (κ2) is 6.31. The molecule has 0 rings (SSSR count). The minimum absolute atomic E-state index is 0.192. The minimum atomic E-state index is -0.322. The summed E-state index contributed by atoms with van der Waals surface area (Å²) in [6.07, 6.45) is 2.11. The molecule has 4 N–H and O–H groups in total. The molecule has 1 atom stereocenters. The van der Waals surface area contributed by atoms with Crippen molar-refractivity contribution in [1.29, 1.82) is 0 Å². The Kier molecular flexibility index (Phi) is 6.20. The van der Waals surface area contributed by atoms with Gasteiger partial charge in [-0.3, -0.25) is 4.79 Å². The van der Waals surface area contributed by atoms with Gasteiger partial charge in [0.1, 0.15) is 0 Å². The van der Waals surface area contributed by atoms with Crippen LogP contribution in [0.3, 0.4) is 0 Å². The minimum Gasteiger partial charge on any atom is -0.361 e. The molecule has 0 aromatic heterocycles. The summed E-state index contributed by atoms with van der Waals surface area (Å²) in [6, 6.07) is 0. The fourth-order valence-electron chi connectivity index (χ4n) is 1.30. The van der Waals surface area contributed by atoms with E-state index in [1.165, 1.54) is 11.8 Å². The molecule has 0 saturated heterocycles. The first-order valence-electron chi connectivity index (χ1n) is 4.31. The lowest BCUT2D eigenvalue weighted by atomic mass is 9.99. The molecule has 0 saturated carbocycles. The molecule has 0 fully saturated rings. The van der Waals surface area contributed by atoms with Gasteiger partial charge in [0.15, 0.2) is 0 Å². The summed E-state index contributed by atoms with van der Waals surface area (Å²) >= 11 is 1.17. The van der Waals surface area contributed by atoms with Crippen LogP contribution in [0.2, 0.25) is 0 Å². The first-order valence-corrected chi connectivity index (χ1v) is 5.19. The van der Waals surface area contributed by atoms with Crippen molar-refractivity contribution in [1.82, 2.24) is 0 Å². The predicted molar refractivity (Wildman–Crippen MR) is 54.1 cm³/mol. The van der Waals surface area contributed by atoms with Crippen LogP contribution in [0.25, 0.3) is 0 Å². The number of amides is 1. The predicted octanol–water partition coefficient (Wildman–Crippen LogP) is 1.56. The zero-order chi connectivity index (χ0) is 9.56. The van der Waals surface area contributed by atoms with E-state index in [0.29, 0.717) is 12.5 Å². The van der Waals surface area contributed by atoms with Crippen molar-refractivity contribution >= 4 is 17.0 Å². The summed E-state index contributed by atoms with van der Waals surface area (Å²) < 4.78 is 0. The number of primary amides is 1. The Morgan fingerprint density at radius 2 is 1.92 bits per heavy atom. The van der Waals surface area contributed by atoms with E-state index in [-0.39, 0.29) is 10.5 Å². The topological polar surface area (TPSA) is 69.1 Å². The number of carbonyl (C=O) groups excluding carboxylic acids is 1. The van der Waals surface area contributed by atoms with Crippen molar-refractivity contribution in [2.24, 2.45) is 17.4 Å². The summed E-state index contributed by atoms with van der Waals surface area (Å²) in [6.45, 7) is 4.75. The summed E-state index contributed by atoms with van der Waals surface area (Å²) in [7, 11) is 0. The fraction of sp³-hybridized carbons (Fsp3) is 0.875. The Morgan fingerprint density at radius 1 is 1.42 bits per heavy atom. The highest BCUT2D eigenvalue weighted by atomic mass is 32.2. The van der Waals surface area contributed by atoms with Crippen LogP contribution in [0.1, 0.15) is 26.7 Å². The molecule has 0 aromatic rings. The Morgan fingerprint density at radius 3 is 2.17 bits per heavy atom. The van der Waals surface area contributed by atoms with E-state index >= 15 is 0 Å². The van der Waals surface area contributed by atoms with Gasteiger partial charge in [-0.1, -0.05) is 38.5 Å². The van der Waals surface area contributed by atoms with Gasteiger partial charge in [-0.15, -0.1) is 0 Å². The molecule has 0 aliphatic rings. The number of thioether (sulfide) groups is 1. The summed E-state index contributed by atoms with van der Waals surface area (Å²) in [5, 5.41) is -0.130. The Bertz CT molecular complexity index is 137. The van der Waals surface area contributed by atoms with Gasteiger partial charge in [0.05, 0.1) is 0 Å². The quantitative estimate of drug-likeness (QED) is 0.691. The van der Waals surface area contributed by atoms with Gasteiger partial charge in [-0.25, -0.2) is 0 Å². The monoisotopic (exact) mass is 190 g/mol. The molecular formula is C8H18N2OS. The van der Waals surface area contributed by atoms with Crippen molar-refractivity contribution < 1.29 is 4.79 Å². The van der Waals surface area contributed by atoms with Gasteiger partial charge < -0.3 is 11.5 Å². The Balaban J connectivity index is 4.01. The van der Waals surface area contributed by atoms with Crippen LogP contribution in [0.4, 0.5) is 4.79 Å². The maximum atomic E-state index is 10.6. The van der Waals surface area contributed by atoms with Crippen molar-refractivity contribution in [3.63, 3.8) is 0 Å². The highest BCUT2D eigenvalue weighted by Crippen LogP contribution is 2.23. The number of rotatable bonds is 5. The first-order chi connectivity index (χ1) is 5.65. The van der Waals surface area contributed by atoms with Gasteiger partial charge in [0.25, 0.3) is 5.24 Å². The molecule has 0 spiro atoms. The van der Waals surface area contributed by atoms with Gasteiger partial charge >= 0.3 is 0 Å². The van der Waals surface area contributed by atoms with Crippen LogP contribution in [0.15, 0.2) is 0 Å². The molecule has 0 aromatic carbocycles. The third kappa shape index (κ3) is 3.97. The lowest BCUT2D eigenvalue weighted by Gasteiger charge is -2.21. The summed E-state index contributed by atoms with van der Waals surface area (Å²) in [4.78, 5) is 10.6. The maximum absolute atomic E-state index is 10.6. The van der Waals surface area contributed by atoms with Crippen LogP contribution in [0.5, 0.6) is 0 Å². The Hall–Kier alpha value is -0.220. The number of hydrogen-bond acceptors (Lipinski definition) is 3. The van der Waals surface area contributed by atoms with E-state index in [9.17, 15) is 4.79 Å². The number of carbonyl (C=O) groups is 1. The molecule has 0 radical (unpaired) electrons. The van der Waals surface area contributed by atoms with E-state index in [1.807, 2.05) is 0 Å². The van der Waals surface area contributed by atoms with Crippen LogP contribution in [-0.4, -0.2) is 17.0 Å². The maximum Gasteiger partial charge on any atom is 0.276 e. The molecule has 0 bridgehead atoms. The van der Waals surface area contributed by atoms with Gasteiger partial charge in [-0.05, 0) is 5.92 Å². The zero-order valence-corrected chi connectivity index (χ0v) is 8.56. The molecule has 0 heterocycles. The zero-order valence-electron chi connectivity index (χ0n) is 7.75. The highest BCUT2D eigenvalue weighted by molar-refractivity contribution is 8.14. The average Bonchev–Trinajstić information content (AvgIpc) is 2.04. The molecular weight excluding hydrogens is 172 g/mol. The van der Waals surface area contributed by atoms with Crippen LogP contribution < -0.4 is 11.5 Å². The van der Waals surface area contributed by atoms with Gasteiger partial charge in [0.2, 0.25) is 0 Å². The van der Waals surface area contributed by atoms with Gasteiger partial charge in [-0.2, -0.15) is 0 Å². The molecule has 12 heavy (non-hydrogen) atoms.